The van der Waals surface area contributed by atoms with Crippen LogP contribution in [0.2, 0.25) is 0 Å². The second-order valence-corrected chi connectivity index (χ2v) is 14.3. The van der Waals surface area contributed by atoms with E-state index in [1.165, 1.54) is 5.56 Å². The van der Waals surface area contributed by atoms with Crippen LogP contribution in [0.4, 0.5) is 0 Å². The molecule has 4 unspecified atom stereocenters. The fourth-order valence-electron chi connectivity index (χ4n) is 5.68. The number of ether oxygens (including phenoxy) is 2. The molecule has 0 saturated carbocycles. The lowest BCUT2D eigenvalue weighted by Crippen LogP contribution is -2.57. The summed E-state index contributed by atoms with van der Waals surface area (Å²) in [4.78, 5) is 76.5. The Morgan fingerprint density at radius 2 is 1.46 bits per heavy atom. The summed E-state index contributed by atoms with van der Waals surface area (Å²) in [5, 5.41) is 23.7. The summed E-state index contributed by atoms with van der Waals surface area (Å²) in [5.74, 6) is -2.51. The number of carbonyl (C=O) groups is 6. The summed E-state index contributed by atoms with van der Waals surface area (Å²) in [6.45, 7) is 8.15. The number of aliphatic hydroxyl groups is 1. The molecule has 0 saturated heterocycles. The Hall–Kier alpha value is -5.76. The Morgan fingerprint density at radius 3 is 2.11 bits per heavy atom. The van der Waals surface area contributed by atoms with E-state index in [4.69, 9.17) is 9.47 Å². The summed E-state index contributed by atoms with van der Waals surface area (Å²) in [5.41, 5.74) is 1.49. The molecule has 0 aliphatic heterocycles. The summed E-state index contributed by atoms with van der Waals surface area (Å²) in [7, 11) is 0. The number of benzene rings is 3. The zero-order valence-electron chi connectivity index (χ0n) is 32.8. The smallest absolute Gasteiger partial charge is 0.333 e. The molecule has 3 aromatic carbocycles. The van der Waals surface area contributed by atoms with Crippen LogP contribution in [0.1, 0.15) is 83.0 Å². The van der Waals surface area contributed by atoms with Crippen LogP contribution in [-0.4, -0.2) is 78.0 Å². The third-order valence-electron chi connectivity index (χ3n) is 8.38. The number of amides is 5. The molecule has 4 atom stereocenters. The van der Waals surface area contributed by atoms with Crippen molar-refractivity contribution in [2.75, 3.05) is 13.1 Å². The van der Waals surface area contributed by atoms with E-state index in [9.17, 15) is 33.9 Å². The normalized spacial score (nSPS) is 13.2. The zero-order valence-corrected chi connectivity index (χ0v) is 32.8. The molecule has 302 valence electrons. The van der Waals surface area contributed by atoms with Crippen molar-refractivity contribution in [3.05, 3.63) is 95.6 Å². The van der Waals surface area contributed by atoms with Crippen LogP contribution < -0.4 is 31.3 Å². The van der Waals surface area contributed by atoms with Crippen molar-refractivity contribution in [2.45, 2.75) is 103 Å². The van der Waals surface area contributed by atoms with Crippen LogP contribution in [0, 0.1) is 0 Å². The van der Waals surface area contributed by atoms with Gasteiger partial charge in [-0.15, -0.1) is 0 Å². The molecule has 0 spiro atoms. The number of carbonyl (C=O) groups excluding carboxylic acids is 6. The van der Waals surface area contributed by atoms with Gasteiger partial charge in [-0.3, -0.25) is 24.0 Å². The van der Waals surface area contributed by atoms with E-state index >= 15 is 0 Å². The maximum atomic E-state index is 13.8. The molecule has 0 aliphatic carbocycles. The first kappa shape index (κ1) is 44.6. The third-order valence-corrected chi connectivity index (χ3v) is 8.38. The second-order valence-electron chi connectivity index (χ2n) is 14.3. The molecule has 14 nitrogen and oxygen atoms in total. The lowest BCUT2D eigenvalue weighted by molar-refractivity contribution is -0.158. The van der Waals surface area contributed by atoms with E-state index in [1.807, 2.05) is 31.2 Å². The minimum atomic E-state index is -1.78. The highest BCUT2D eigenvalue weighted by Gasteiger charge is 2.32. The van der Waals surface area contributed by atoms with E-state index in [0.717, 1.165) is 12.8 Å². The Kier molecular flexibility index (Phi) is 18.0. The Balaban J connectivity index is 1.72. The molecule has 0 radical (unpaired) electrons. The zero-order chi connectivity index (χ0) is 41.1. The fraction of sp³-hybridized carbons (Fsp3) is 0.429. The first-order chi connectivity index (χ1) is 26.7. The highest BCUT2D eigenvalue weighted by molar-refractivity contribution is 5.92. The van der Waals surface area contributed by atoms with Crippen molar-refractivity contribution >= 4 is 36.0 Å². The molecule has 3 rings (SSSR count). The molecule has 0 fully saturated rings. The van der Waals surface area contributed by atoms with Crippen LogP contribution in [0.5, 0.6) is 11.5 Å². The lowest BCUT2D eigenvalue weighted by atomic mass is 10.0. The average Bonchev–Trinajstić information content (AvgIpc) is 3.16. The molecule has 0 bridgehead atoms. The van der Waals surface area contributed by atoms with Crippen LogP contribution in [0.3, 0.4) is 0 Å². The Bertz CT molecular complexity index is 1750. The van der Waals surface area contributed by atoms with Gasteiger partial charge in [0.15, 0.2) is 12.1 Å². The van der Waals surface area contributed by atoms with Gasteiger partial charge in [0.05, 0.1) is 19.1 Å². The number of rotatable bonds is 22. The van der Waals surface area contributed by atoms with Gasteiger partial charge < -0.3 is 41.2 Å². The third kappa shape index (κ3) is 15.5. The molecule has 5 amide bonds. The molecule has 3 aromatic rings. The minimum Gasteiger partial charge on any atom is -0.458 e. The van der Waals surface area contributed by atoms with Gasteiger partial charge in [-0.25, -0.2) is 4.79 Å². The van der Waals surface area contributed by atoms with Crippen LogP contribution in [0.25, 0.3) is 0 Å². The van der Waals surface area contributed by atoms with Crippen molar-refractivity contribution < 1.29 is 43.3 Å². The van der Waals surface area contributed by atoms with Gasteiger partial charge in [-0.1, -0.05) is 87.7 Å². The van der Waals surface area contributed by atoms with E-state index in [-0.39, 0.29) is 19.4 Å². The predicted octanol–water partition coefficient (Wildman–Crippen LogP) is 3.56. The summed E-state index contributed by atoms with van der Waals surface area (Å²) in [6.07, 6.45) is 1.99. The van der Waals surface area contributed by atoms with Gasteiger partial charge in [0, 0.05) is 6.42 Å². The Morgan fingerprint density at radius 1 is 0.768 bits per heavy atom. The number of aliphatic hydroxyl groups excluding tert-OH is 1. The first-order valence-corrected chi connectivity index (χ1v) is 18.9. The maximum absolute atomic E-state index is 13.8. The SMILES string of the molecule is CCCCC(NC(=O)C(Cc1cccc(Oc2ccc(CCC)cc2)c1)NC(=O)CNC=O)C(O)C(=O)NCC(=O)NC(C(=O)OC(C)(C)C)c1ccccc1. The van der Waals surface area contributed by atoms with Crippen LogP contribution >= 0.6 is 0 Å². The van der Waals surface area contributed by atoms with Crippen LogP contribution in [0.15, 0.2) is 78.9 Å². The molecule has 0 heterocycles. The van der Waals surface area contributed by atoms with Gasteiger partial charge >= 0.3 is 5.97 Å². The van der Waals surface area contributed by atoms with Crippen LogP contribution in [-0.2, 0) is 46.3 Å². The molecular weight excluding hydrogens is 718 g/mol. The topological polar surface area (TPSA) is 201 Å². The number of nitrogens with one attached hydrogen (secondary N) is 5. The number of hydrogen-bond acceptors (Lipinski definition) is 9. The van der Waals surface area contributed by atoms with E-state index in [2.05, 4.69) is 33.5 Å². The quantitative estimate of drug-likeness (QED) is 0.0653. The average molecular weight is 774 g/mol. The van der Waals surface area contributed by atoms with Gasteiger partial charge in [-0.05, 0) is 74.6 Å². The van der Waals surface area contributed by atoms with E-state index in [1.54, 1.807) is 75.4 Å². The number of unbranched alkanes of at least 4 members (excludes halogenated alkanes) is 1. The largest absolute Gasteiger partial charge is 0.458 e. The molecular formula is C42H55N5O9. The number of aryl methyl sites for hydroxylation is 1. The van der Waals surface area contributed by atoms with E-state index in [0.29, 0.717) is 41.9 Å². The second kappa shape index (κ2) is 22.6. The monoisotopic (exact) mass is 773 g/mol. The molecule has 6 N–H and O–H groups in total. The standard InChI is InChI=1S/C42H55N5O9/c1-6-8-18-33(38(51)40(53)44-26-36(50)47-37(30-15-10-9-11-16-30)41(54)56-42(3,4)5)46-39(52)34(45-35(49)25-43-27-48)24-29-14-12-17-32(23-29)55-31-21-19-28(13-7-2)20-22-31/h9-12,14-17,19-23,27,33-34,37-38,51H,6-8,13,18,24-26H2,1-5H3,(H,43,48)(H,44,53)(H,45,49)(H,46,52)(H,47,50). The minimum absolute atomic E-state index is 0.00842. The molecule has 0 aromatic heterocycles. The van der Waals surface area contributed by atoms with E-state index < -0.39 is 66.0 Å². The number of hydrogen-bond donors (Lipinski definition) is 6. The van der Waals surface area contributed by atoms with Gasteiger partial charge in [0.2, 0.25) is 24.1 Å². The fourth-order valence-corrected chi connectivity index (χ4v) is 5.68. The van der Waals surface area contributed by atoms with Crippen molar-refractivity contribution in [3.63, 3.8) is 0 Å². The predicted molar refractivity (Wildman–Crippen MR) is 210 cm³/mol. The molecule has 0 aliphatic rings. The first-order valence-electron chi connectivity index (χ1n) is 18.9. The van der Waals surface area contributed by atoms with Gasteiger partial charge in [0.25, 0.3) is 5.91 Å². The summed E-state index contributed by atoms with van der Waals surface area (Å²) < 4.78 is 11.5. The maximum Gasteiger partial charge on any atom is 0.333 e. The van der Waals surface area contributed by atoms with Crippen molar-refractivity contribution in [1.29, 1.82) is 0 Å². The van der Waals surface area contributed by atoms with Gasteiger partial charge in [0.1, 0.15) is 23.1 Å². The Labute approximate surface area is 328 Å². The highest BCUT2D eigenvalue weighted by atomic mass is 16.6. The highest BCUT2D eigenvalue weighted by Crippen LogP contribution is 2.24. The molecule has 14 heteroatoms. The summed E-state index contributed by atoms with van der Waals surface area (Å²) >= 11 is 0. The number of esters is 1. The lowest BCUT2D eigenvalue weighted by Gasteiger charge is -2.27. The van der Waals surface area contributed by atoms with Crippen molar-refractivity contribution in [3.8, 4) is 11.5 Å². The molecule has 56 heavy (non-hydrogen) atoms. The summed E-state index contributed by atoms with van der Waals surface area (Å²) in [6, 6.07) is 19.8. The van der Waals surface area contributed by atoms with Crippen molar-refractivity contribution in [1.82, 2.24) is 26.6 Å². The van der Waals surface area contributed by atoms with Crippen molar-refractivity contribution in [2.24, 2.45) is 0 Å². The van der Waals surface area contributed by atoms with Gasteiger partial charge in [-0.2, -0.15) is 0 Å².